The normalized spacial score (nSPS) is 30.5. The molecule has 3 heterocycles. The number of fused-ring (bicyclic) bond motifs is 2. The summed E-state index contributed by atoms with van der Waals surface area (Å²) < 4.78 is 97.0. The van der Waals surface area contributed by atoms with E-state index in [0.717, 1.165) is 0 Å². The van der Waals surface area contributed by atoms with Gasteiger partial charge in [0, 0.05) is 5.92 Å². The van der Waals surface area contributed by atoms with Gasteiger partial charge in [-0.1, -0.05) is 12.1 Å². The van der Waals surface area contributed by atoms with Crippen LogP contribution >= 0.6 is 7.60 Å². The third-order valence-electron chi connectivity index (χ3n) is 11.5. The lowest BCUT2D eigenvalue weighted by molar-refractivity contribution is -0.451. The number of rotatable bonds is 26. The third kappa shape index (κ3) is 15.7. The summed E-state index contributed by atoms with van der Waals surface area (Å²) >= 11 is 0. The van der Waals surface area contributed by atoms with Crippen LogP contribution in [-0.2, 0) is 59.1 Å². The maximum Gasteiger partial charge on any atom is 0.330 e. The minimum Gasteiger partial charge on any atom is -0.415 e. The van der Waals surface area contributed by atoms with Crippen LogP contribution in [0, 0.1) is 11.8 Å². The lowest BCUT2D eigenvalue weighted by Crippen LogP contribution is -2.71. The fourth-order valence-corrected chi connectivity index (χ4v) is 17.6. The number of carbonyl (C=O) groups excluding carboxylic acids is 2. The van der Waals surface area contributed by atoms with E-state index in [9.17, 15) is 14.2 Å². The topological polar surface area (TPSA) is 165 Å². The molecule has 0 bridgehead atoms. The first-order chi connectivity index (χ1) is 31.5. The van der Waals surface area contributed by atoms with E-state index in [2.05, 4.69) is 118 Å². The summed E-state index contributed by atoms with van der Waals surface area (Å²) in [4.78, 5) is 28.2. The highest BCUT2D eigenvalue weighted by Gasteiger charge is 2.75. The Morgan fingerprint density at radius 2 is 1.12 bits per heavy atom. The highest BCUT2D eigenvalue weighted by Crippen LogP contribution is 2.62. The van der Waals surface area contributed by atoms with E-state index >= 15 is 0 Å². The zero-order valence-electron chi connectivity index (χ0n) is 45.6. The first kappa shape index (κ1) is 59.3. The Kier molecular flexibility index (Phi) is 19.2. The monoisotopic (exact) mass is 1090 g/mol. The van der Waals surface area contributed by atoms with Crippen LogP contribution in [0.2, 0.25) is 118 Å². The lowest BCUT2D eigenvalue weighted by Gasteiger charge is -2.58. The molecule has 1 saturated carbocycles. The summed E-state index contributed by atoms with van der Waals surface area (Å²) in [5.41, 5.74) is 0.726. The average molecular weight is 1090 g/mol. The van der Waals surface area contributed by atoms with Gasteiger partial charge in [-0.2, -0.15) is 0 Å². The van der Waals surface area contributed by atoms with Crippen molar-refractivity contribution in [2.45, 2.75) is 193 Å². The molecule has 1 aromatic rings. The summed E-state index contributed by atoms with van der Waals surface area (Å²) in [6, 6.07) is 6.83. The number of benzene rings is 1. The molecule has 1 aliphatic carbocycles. The first-order valence-electron chi connectivity index (χ1n) is 25.0. The third-order valence-corrected chi connectivity index (χ3v) is 19.5. The van der Waals surface area contributed by atoms with Crippen molar-refractivity contribution in [3.63, 3.8) is 0 Å². The molecule has 4 aliphatic rings. The Morgan fingerprint density at radius 1 is 0.623 bits per heavy atom. The summed E-state index contributed by atoms with van der Waals surface area (Å²) in [5, 5.41) is 0. The SMILES string of the molecule is CCOP(=O)(CCC1C(O[Si](C)(C)C)C(O[Si](C)(C)C)C2[C@@H](OC3C(O[Si](C)(C)C)C(O[Si](C)(C)C)C(CO[Si](C)(C)C)O[C@@H]3OCCN3C(=O)c4ccccc4C3=O)OC12O[Si](C)(C)C)OCC. The molecule has 1 aromatic carbocycles. The van der Waals surface area contributed by atoms with Gasteiger partial charge in [-0.3, -0.25) is 19.1 Å². The highest BCUT2D eigenvalue weighted by atomic mass is 31.2. The maximum absolute atomic E-state index is 14.2. The molecule has 5 rings (SSSR count). The molecule has 0 spiro atoms. The predicted octanol–water partition coefficient (Wildman–Crippen LogP) is 9.95. The van der Waals surface area contributed by atoms with Gasteiger partial charge in [0.15, 0.2) is 68.3 Å². The van der Waals surface area contributed by atoms with Crippen LogP contribution in [0.4, 0.5) is 0 Å². The number of ether oxygens (including phenoxy) is 4. The molecule has 0 N–H and O–H groups in total. The van der Waals surface area contributed by atoms with E-state index < -0.39 is 124 Å². The molecule has 0 radical (unpaired) electrons. The minimum atomic E-state index is -3.50. The molecule has 69 heavy (non-hydrogen) atoms. The number of hydrogen-bond acceptors (Lipinski definition) is 15. The van der Waals surface area contributed by atoms with Crippen molar-refractivity contribution in [1.29, 1.82) is 0 Å². The zero-order chi connectivity index (χ0) is 51.9. The predicted molar refractivity (Wildman–Crippen MR) is 283 cm³/mol. The van der Waals surface area contributed by atoms with E-state index in [0.29, 0.717) is 17.5 Å². The number of imide groups is 1. The van der Waals surface area contributed by atoms with Crippen molar-refractivity contribution >= 4 is 69.3 Å². The van der Waals surface area contributed by atoms with Crippen molar-refractivity contribution in [2.24, 2.45) is 11.8 Å². The molecule has 0 aromatic heterocycles. The van der Waals surface area contributed by atoms with E-state index in [-0.39, 0.29) is 50.9 Å². The van der Waals surface area contributed by atoms with Crippen LogP contribution in [0.25, 0.3) is 0 Å². The van der Waals surface area contributed by atoms with E-state index in [4.69, 9.17) is 54.6 Å². The molecule has 2 saturated heterocycles. The summed E-state index contributed by atoms with van der Waals surface area (Å²) in [6.45, 7) is 42.8. The van der Waals surface area contributed by atoms with Gasteiger partial charge >= 0.3 is 7.60 Å². The van der Waals surface area contributed by atoms with Gasteiger partial charge in [-0.05, 0) is 150 Å². The molecule has 396 valence electrons. The molecule has 3 aliphatic heterocycles. The van der Waals surface area contributed by atoms with Gasteiger partial charge in [-0.25, -0.2) is 0 Å². The minimum absolute atomic E-state index is 0.0179. The number of carbonyl (C=O) groups is 2. The lowest BCUT2D eigenvalue weighted by atomic mass is 9.87. The molecule has 2 amide bonds. The van der Waals surface area contributed by atoms with Gasteiger partial charge in [0.25, 0.3) is 11.8 Å². The Morgan fingerprint density at radius 3 is 1.59 bits per heavy atom. The second kappa shape index (κ2) is 22.3. The van der Waals surface area contributed by atoms with Crippen LogP contribution in [0.15, 0.2) is 24.3 Å². The number of amides is 2. The van der Waals surface area contributed by atoms with Crippen LogP contribution in [0.5, 0.6) is 0 Å². The fraction of sp³-hybridized carbons (Fsp3) is 0.826. The summed E-state index contributed by atoms with van der Waals surface area (Å²) in [7, 11) is -17.4. The number of hydrogen-bond donors (Lipinski definition) is 0. The van der Waals surface area contributed by atoms with Gasteiger partial charge in [0.2, 0.25) is 0 Å². The Bertz CT molecular complexity index is 1920. The van der Waals surface area contributed by atoms with Crippen molar-refractivity contribution in [2.75, 3.05) is 39.1 Å². The van der Waals surface area contributed by atoms with Gasteiger partial charge in [0.1, 0.15) is 24.4 Å². The Labute approximate surface area is 420 Å². The van der Waals surface area contributed by atoms with Crippen LogP contribution < -0.4 is 0 Å². The molecule has 3 fully saturated rings. The van der Waals surface area contributed by atoms with Gasteiger partial charge in [-0.15, -0.1) is 0 Å². The molecule has 23 heteroatoms. The van der Waals surface area contributed by atoms with Crippen LogP contribution in [0.3, 0.4) is 0 Å². The molecule has 9 unspecified atom stereocenters. The second-order valence-electron chi connectivity index (χ2n) is 24.5. The van der Waals surface area contributed by atoms with Crippen LogP contribution in [-0.4, -0.2) is 161 Å². The summed E-state index contributed by atoms with van der Waals surface area (Å²) in [5.74, 6) is -2.95. The quantitative estimate of drug-likeness (QED) is 0.0489. The van der Waals surface area contributed by atoms with Crippen LogP contribution in [0.1, 0.15) is 41.0 Å². The van der Waals surface area contributed by atoms with Gasteiger partial charge in [0.05, 0.1) is 68.4 Å². The first-order valence-corrected chi connectivity index (χ1v) is 47.2. The smallest absolute Gasteiger partial charge is 0.330 e. The van der Waals surface area contributed by atoms with E-state index in [1.165, 1.54) is 4.90 Å². The molecular formula is C46H88NO15PSi6. The highest BCUT2D eigenvalue weighted by molar-refractivity contribution is 7.53. The second-order valence-corrected chi connectivity index (χ2v) is 53.5. The standard InChI is InChI=1S/C46H88NO15PSi6/c1-21-52-63(50,53-22-2)30-27-34-37(58-65(6,7)8)39(60-67(12,13)14)36-44(57-46(34,36)62-69(18,19)20)56-41-40(61-68(15,16)17)38(59-66(9,10)11)35(31-54-64(3,4)5)55-45(41)51-29-28-47-42(48)32-25-23-24-26-33(32)43(47)49/h23-26,34-41,44-45H,21-22,27-31H2,1-20H3/t34?,35?,36?,37?,38?,39?,40?,41?,44-,45-,46?/m0/s1. The van der Waals surface area contributed by atoms with E-state index in [1.54, 1.807) is 24.3 Å². The largest absolute Gasteiger partial charge is 0.415 e. The zero-order valence-corrected chi connectivity index (χ0v) is 52.4. The van der Waals surface area contributed by atoms with E-state index in [1.807, 2.05) is 13.8 Å². The summed E-state index contributed by atoms with van der Waals surface area (Å²) in [6.07, 6.45) is -5.49. The van der Waals surface area contributed by atoms with Crippen molar-refractivity contribution < 1.29 is 68.7 Å². The number of nitrogens with zero attached hydrogens (tertiary/aromatic N) is 1. The molecule has 11 atom stereocenters. The fourth-order valence-electron chi connectivity index (χ4n) is 9.49. The molecular weight excluding hydrogens is 1010 g/mol. The van der Waals surface area contributed by atoms with Crippen molar-refractivity contribution in [3.8, 4) is 0 Å². The Hall–Kier alpha value is -0.589. The average Bonchev–Trinajstić information content (AvgIpc) is 3.49. The molecule has 16 nitrogen and oxygen atoms in total. The Balaban J connectivity index is 1.63. The van der Waals surface area contributed by atoms with Gasteiger partial charge < -0.3 is 54.6 Å². The van der Waals surface area contributed by atoms with Crippen molar-refractivity contribution in [1.82, 2.24) is 4.90 Å². The maximum atomic E-state index is 14.2. The van der Waals surface area contributed by atoms with Crippen molar-refractivity contribution in [3.05, 3.63) is 35.4 Å².